The molecule has 0 atom stereocenters. The number of aromatic nitrogens is 3. The van der Waals surface area contributed by atoms with E-state index in [0.29, 0.717) is 16.9 Å². The first-order valence-electron chi connectivity index (χ1n) is 7.34. The van der Waals surface area contributed by atoms with Crippen molar-refractivity contribution in [3.8, 4) is 5.75 Å². The van der Waals surface area contributed by atoms with Gasteiger partial charge < -0.3 is 14.5 Å². The Balaban J connectivity index is 1.84. The molecule has 0 bridgehead atoms. The first-order valence-corrected chi connectivity index (χ1v) is 7.34. The molecule has 0 unspecified atom stereocenters. The number of carbonyl (C=O) groups excluding carboxylic acids is 1. The van der Waals surface area contributed by atoms with Gasteiger partial charge in [0.1, 0.15) is 36.0 Å². The van der Waals surface area contributed by atoms with Gasteiger partial charge in [0.2, 0.25) is 5.71 Å². The number of pyridine rings is 1. The molecular weight excluding hydrogens is 334 g/mol. The number of ether oxygens (including phenoxy) is 1. The van der Waals surface area contributed by atoms with Crippen LogP contribution < -0.4 is 10.1 Å². The van der Waals surface area contributed by atoms with Crippen LogP contribution in [0.4, 0.5) is 14.6 Å². The summed E-state index contributed by atoms with van der Waals surface area (Å²) < 4.78 is 34.8. The number of rotatable bonds is 5. The monoisotopic (exact) mass is 348 g/mol. The third-order valence-corrected chi connectivity index (χ3v) is 3.54. The second-order valence-electron chi connectivity index (χ2n) is 5.22. The maximum absolute atomic E-state index is 12.4. The molecule has 3 aromatic heterocycles. The summed E-state index contributed by atoms with van der Waals surface area (Å²) in [5.74, 6) is 0.529. The Hall–Kier alpha value is -3.10. The smallest absolute Gasteiger partial charge is 0.275 e. The number of nitrogens with zero attached hydrogens (tertiary/aromatic N) is 3. The third kappa shape index (κ3) is 3.54. The van der Waals surface area contributed by atoms with Crippen molar-refractivity contribution in [3.05, 3.63) is 41.7 Å². The molecule has 0 aliphatic carbocycles. The Kier molecular flexibility index (Phi) is 4.55. The fourth-order valence-corrected chi connectivity index (χ4v) is 2.23. The molecule has 7 nitrogen and oxygen atoms in total. The van der Waals surface area contributed by atoms with E-state index in [1.54, 1.807) is 6.92 Å². The average Bonchev–Trinajstić information content (AvgIpc) is 2.88. The van der Waals surface area contributed by atoms with Gasteiger partial charge in [-0.05, 0) is 19.9 Å². The fraction of sp³-hybridized carbons (Fsp3) is 0.250. The standard InChI is InChI=1S/C16H14F2N4O3/c1-8-9(2)25-16-13(8)14(20-7-21-16)22-15(23)11-5-10(3-4-19-11)24-6-12(17)18/h3-5,7,12H,6H2,1-2H3,(H,20,21,22,23). The van der Waals surface area contributed by atoms with Gasteiger partial charge in [-0.2, -0.15) is 0 Å². The number of amides is 1. The van der Waals surface area contributed by atoms with Crippen LogP contribution >= 0.6 is 0 Å². The molecule has 130 valence electrons. The zero-order valence-corrected chi connectivity index (χ0v) is 13.4. The van der Waals surface area contributed by atoms with Crippen LogP contribution in [0, 0.1) is 13.8 Å². The molecule has 0 saturated heterocycles. The van der Waals surface area contributed by atoms with E-state index < -0.39 is 18.9 Å². The van der Waals surface area contributed by atoms with Crippen LogP contribution in [0.25, 0.3) is 11.1 Å². The minimum Gasteiger partial charge on any atom is -0.488 e. The molecule has 1 N–H and O–H groups in total. The summed E-state index contributed by atoms with van der Waals surface area (Å²) in [6.45, 7) is 2.86. The van der Waals surface area contributed by atoms with E-state index in [-0.39, 0.29) is 17.3 Å². The lowest BCUT2D eigenvalue weighted by molar-refractivity contribution is 0.0818. The summed E-state index contributed by atoms with van der Waals surface area (Å²) in [6.07, 6.45) is -0.0267. The Bertz CT molecular complexity index is 927. The normalized spacial score (nSPS) is 11.1. The SMILES string of the molecule is Cc1oc2ncnc(NC(=O)c3cc(OCC(F)F)ccn3)c2c1C. The highest BCUT2D eigenvalue weighted by atomic mass is 19.3. The van der Waals surface area contributed by atoms with Gasteiger partial charge in [-0.25, -0.2) is 18.7 Å². The zero-order chi connectivity index (χ0) is 18.0. The largest absolute Gasteiger partial charge is 0.488 e. The van der Waals surface area contributed by atoms with Gasteiger partial charge in [0.05, 0.1) is 5.39 Å². The Morgan fingerprint density at radius 3 is 2.88 bits per heavy atom. The van der Waals surface area contributed by atoms with Gasteiger partial charge in [-0.15, -0.1) is 0 Å². The number of alkyl halides is 2. The van der Waals surface area contributed by atoms with E-state index in [9.17, 15) is 13.6 Å². The molecule has 25 heavy (non-hydrogen) atoms. The van der Waals surface area contributed by atoms with Crippen molar-refractivity contribution in [2.24, 2.45) is 0 Å². The Morgan fingerprint density at radius 2 is 2.12 bits per heavy atom. The van der Waals surface area contributed by atoms with Crippen LogP contribution in [-0.4, -0.2) is 33.9 Å². The van der Waals surface area contributed by atoms with Crippen molar-refractivity contribution in [1.82, 2.24) is 15.0 Å². The number of anilines is 1. The molecule has 9 heteroatoms. The van der Waals surface area contributed by atoms with E-state index >= 15 is 0 Å². The molecule has 3 rings (SSSR count). The van der Waals surface area contributed by atoms with Crippen molar-refractivity contribution in [2.75, 3.05) is 11.9 Å². The first-order chi connectivity index (χ1) is 12.0. The topological polar surface area (TPSA) is 90.1 Å². The number of hydrogen-bond acceptors (Lipinski definition) is 6. The number of nitrogens with one attached hydrogen (secondary N) is 1. The minimum absolute atomic E-state index is 0.0106. The highest BCUT2D eigenvalue weighted by molar-refractivity contribution is 6.06. The van der Waals surface area contributed by atoms with E-state index in [1.807, 2.05) is 6.92 Å². The molecule has 0 aliphatic rings. The molecule has 3 aromatic rings. The van der Waals surface area contributed by atoms with E-state index in [2.05, 4.69) is 20.3 Å². The first kappa shape index (κ1) is 16.7. The van der Waals surface area contributed by atoms with Gasteiger partial charge in [-0.3, -0.25) is 9.78 Å². The Morgan fingerprint density at radius 1 is 1.32 bits per heavy atom. The van der Waals surface area contributed by atoms with Crippen LogP contribution in [0.5, 0.6) is 5.75 Å². The second-order valence-corrected chi connectivity index (χ2v) is 5.22. The van der Waals surface area contributed by atoms with Crippen molar-refractivity contribution >= 4 is 22.8 Å². The van der Waals surface area contributed by atoms with Crippen molar-refractivity contribution in [3.63, 3.8) is 0 Å². The molecule has 0 fully saturated rings. The predicted molar refractivity (Wildman–Crippen MR) is 85.0 cm³/mol. The lowest BCUT2D eigenvalue weighted by Gasteiger charge is -2.08. The molecule has 0 radical (unpaired) electrons. The maximum Gasteiger partial charge on any atom is 0.275 e. The molecule has 0 saturated carbocycles. The molecule has 0 aliphatic heterocycles. The van der Waals surface area contributed by atoms with Crippen LogP contribution in [0.3, 0.4) is 0 Å². The minimum atomic E-state index is -2.60. The molecule has 3 heterocycles. The second kappa shape index (κ2) is 6.80. The van der Waals surface area contributed by atoms with Crippen molar-refractivity contribution in [1.29, 1.82) is 0 Å². The maximum atomic E-state index is 12.4. The van der Waals surface area contributed by atoms with Gasteiger partial charge >= 0.3 is 0 Å². The fourth-order valence-electron chi connectivity index (χ4n) is 2.23. The predicted octanol–water partition coefficient (Wildman–Crippen LogP) is 3.13. The Labute approximate surface area is 141 Å². The highest BCUT2D eigenvalue weighted by Gasteiger charge is 2.17. The summed E-state index contributed by atoms with van der Waals surface area (Å²) in [7, 11) is 0. The summed E-state index contributed by atoms with van der Waals surface area (Å²) in [5.41, 5.74) is 1.19. The summed E-state index contributed by atoms with van der Waals surface area (Å²) in [5, 5.41) is 3.23. The summed E-state index contributed by atoms with van der Waals surface area (Å²) >= 11 is 0. The number of carbonyl (C=O) groups is 1. The van der Waals surface area contributed by atoms with Gasteiger partial charge in [0, 0.05) is 17.8 Å². The van der Waals surface area contributed by atoms with Gasteiger partial charge in [-0.1, -0.05) is 0 Å². The lowest BCUT2D eigenvalue weighted by Crippen LogP contribution is -2.15. The molecular formula is C16H14F2N4O3. The quantitative estimate of drug-likeness (QED) is 0.762. The summed E-state index contributed by atoms with van der Waals surface area (Å²) in [4.78, 5) is 24.4. The molecule has 0 aromatic carbocycles. The zero-order valence-electron chi connectivity index (χ0n) is 13.4. The van der Waals surface area contributed by atoms with Crippen LogP contribution in [-0.2, 0) is 0 Å². The average molecular weight is 348 g/mol. The van der Waals surface area contributed by atoms with Crippen LogP contribution in [0.2, 0.25) is 0 Å². The third-order valence-electron chi connectivity index (χ3n) is 3.54. The molecule has 0 spiro atoms. The van der Waals surface area contributed by atoms with Crippen molar-refractivity contribution in [2.45, 2.75) is 20.3 Å². The molecule has 1 amide bonds. The van der Waals surface area contributed by atoms with E-state index in [0.717, 1.165) is 5.56 Å². The van der Waals surface area contributed by atoms with Crippen molar-refractivity contribution < 1.29 is 22.7 Å². The van der Waals surface area contributed by atoms with E-state index in [4.69, 9.17) is 9.15 Å². The number of furan rings is 1. The van der Waals surface area contributed by atoms with Gasteiger partial charge in [0.25, 0.3) is 12.3 Å². The van der Waals surface area contributed by atoms with Crippen LogP contribution in [0.1, 0.15) is 21.8 Å². The van der Waals surface area contributed by atoms with Gasteiger partial charge in [0.15, 0.2) is 0 Å². The summed E-state index contributed by atoms with van der Waals surface area (Å²) in [6, 6.07) is 2.68. The van der Waals surface area contributed by atoms with Crippen LogP contribution in [0.15, 0.2) is 29.1 Å². The lowest BCUT2D eigenvalue weighted by atomic mass is 10.2. The number of hydrogen-bond donors (Lipinski definition) is 1. The highest BCUT2D eigenvalue weighted by Crippen LogP contribution is 2.28. The van der Waals surface area contributed by atoms with E-state index in [1.165, 1.54) is 24.7 Å². The number of fused-ring (bicyclic) bond motifs is 1. The number of halogens is 2. The number of aryl methyl sites for hydroxylation is 2.